The number of alkyl halides is 2. The average molecular weight is 301 g/mol. The molecular formula is C18H17F2NO. The lowest BCUT2D eigenvalue weighted by Gasteiger charge is -2.19. The molecule has 0 saturated heterocycles. The number of hydrogen-bond acceptors (Lipinski definition) is 1. The van der Waals surface area contributed by atoms with Crippen molar-refractivity contribution in [3.63, 3.8) is 0 Å². The molecule has 0 aliphatic rings. The van der Waals surface area contributed by atoms with E-state index in [0.29, 0.717) is 6.08 Å². The topological polar surface area (TPSA) is 25.2 Å². The Hall–Kier alpha value is -2.20. The van der Waals surface area contributed by atoms with E-state index < -0.39 is 12.0 Å². The average Bonchev–Trinajstić information content (AvgIpc) is 2.87. The minimum absolute atomic E-state index is 0.191. The second-order valence-electron chi connectivity index (χ2n) is 5.32. The van der Waals surface area contributed by atoms with E-state index >= 15 is 0 Å². The lowest BCUT2D eigenvalue weighted by atomic mass is 10.0. The molecule has 1 unspecified atom stereocenters. The molecule has 0 fully saturated rings. The molecule has 1 heterocycles. The molecule has 22 heavy (non-hydrogen) atoms. The molecule has 1 N–H and O–H groups in total. The van der Waals surface area contributed by atoms with Gasteiger partial charge in [-0.1, -0.05) is 30.8 Å². The van der Waals surface area contributed by atoms with Gasteiger partial charge in [-0.05, 0) is 36.8 Å². The van der Waals surface area contributed by atoms with Crippen LogP contribution in [0.25, 0.3) is 21.8 Å². The van der Waals surface area contributed by atoms with Crippen LogP contribution < -0.4 is 0 Å². The molecular weight excluding hydrogens is 284 g/mol. The van der Waals surface area contributed by atoms with Gasteiger partial charge in [-0.2, -0.15) is 8.78 Å². The molecule has 114 valence electrons. The Labute approximate surface area is 127 Å². The summed E-state index contributed by atoms with van der Waals surface area (Å²) in [5.74, 6) is -3.35. The molecule has 2 nitrogen and oxygen atoms in total. The van der Waals surface area contributed by atoms with Gasteiger partial charge in [-0.25, -0.2) is 0 Å². The number of aromatic nitrogens is 1. The van der Waals surface area contributed by atoms with Gasteiger partial charge >= 0.3 is 0 Å². The Morgan fingerprint density at radius 3 is 2.55 bits per heavy atom. The predicted molar refractivity (Wildman–Crippen MR) is 85.2 cm³/mol. The van der Waals surface area contributed by atoms with Crippen molar-refractivity contribution >= 4 is 21.8 Å². The number of nitrogens with zero attached hydrogens (tertiary/aromatic N) is 1. The highest BCUT2D eigenvalue weighted by Crippen LogP contribution is 2.36. The molecule has 0 amide bonds. The molecule has 0 spiro atoms. The third-order valence-electron chi connectivity index (χ3n) is 4.07. The Bertz CT molecular complexity index is 851. The van der Waals surface area contributed by atoms with Crippen molar-refractivity contribution in [3.05, 3.63) is 60.7 Å². The highest BCUT2D eigenvalue weighted by molar-refractivity contribution is 6.08. The van der Waals surface area contributed by atoms with Crippen molar-refractivity contribution < 1.29 is 13.9 Å². The van der Waals surface area contributed by atoms with Crippen LogP contribution in [0.3, 0.4) is 0 Å². The smallest absolute Gasteiger partial charge is 0.295 e. The van der Waals surface area contributed by atoms with Gasteiger partial charge in [0.2, 0.25) is 0 Å². The van der Waals surface area contributed by atoms with E-state index in [1.165, 1.54) is 0 Å². The van der Waals surface area contributed by atoms with E-state index in [1.54, 1.807) is 18.2 Å². The first-order valence-electron chi connectivity index (χ1n) is 7.20. The lowest BCUT2D eigenvalue weighted by Crippen LogP contribution is -2.23. The van der Waals surface area contributed by atoms with Crippen LogP contribution in [0, 0.1) is 0 Å². The molecule has 0 saturated carbocycles. The fraction of sp³-hybridized carbons (Fsp3) is 0.222. The number of rotatable bonds is 4. The molecule has 3 rings (SSSR count). The SMILES string of the molecule is C=CC(F)(F)C(O)c1ccc2c(c1)c1ccccc1n2CC. The molecule has 3 aromatic rings. The molecule has 0 aliphatic heterocycles. The zero-order valence-corrected chi connectivity index (χ0v) is 12.3. The maximum absolute atomic E-state index is 13.6. The fourth-order valence-electron chi connectivity index (χ4n) is 2.92. The quantitative estimate of drug-likeness (QED) is 0.696. The first-order chi connectivity index (χ1) is 10.5. The van der Waals surface area contributed by atoms with Crippen molar-refractivity contribution in [3.8, 4) is 0 Å². The number of para-hydroxylation sites is 1. The second-order valence-corrected chi connectivity index (χ2v) is 5.32. The summed E-state index contributed by atoms with van der Waals surface area (Å²) in [6.07, 6.45) is -1.41. The van der Waals surface area contributed by atoms with Crippen LogP contribution in [0.1, 0.15) is 18.6 Å². The third-order valence-corrected chi connectivity index (χ3v) is 4.07. The lowest BCUT2D eigenvalue weighted by molar-refractivity contribution is -0.0711. The molecule has 4 heteroatoms. The van der Waals surface area contributed by atoms with Gasteiger partial charge < -0.3 is 9.67 Å². The van der Waals surface area contributed by atoms with Gasteiger partial charge in [-0.3, -0.25) is 0 Å². The van der Waals surface area contributed by atoms with Crippen LogP contribution in [-0.2, 0) is 6.54 Å². The van der Waals surface area contributed by atoms with Gasteiger partial charge in [0.25, 0.3) is 5.92 Å². The monoisotopic (exact) mass is 301 g/mol. The van der Waals surface area contributed by atoms with Crippen molar-refractivity contribution in [1.29, 1.82) is 0 Å². The van der Waals surface area contributed by atoms with E-state index in [9.17, 15) is 13.9 Å². The van der Waals surface area contributed by atoms with Crippen LogP contribution in [-0.4, -0.2) is 15.6 Å². The van der Waals surface area contributed by atoms with E-state index in [4.69, 9.17) is 0 Å². The summed E-state index contributed by atoms with van der Waals surface area (Å²) in [5.41, 5.74) is 2.22. The standard InChI is InChI=1S/C18H17F2NO/c1-3-18(19,20)17(22)12-9-10-16-14(11-12)13-7-5-6-8-15(13)21(16)4-2/h3,5-11,17,22H,1,4H2,2H3. The number of halogens is 2. The van der Waals surface area contributed by atoms with E-state index in [1.807, 2.05) is 31.2 Å². The third kappa shape index (κ3) is 2.11. The maximum atomic E-state index is 13.6. The number of hydrogen-bond donors (Lipinski definition) is 1. The zero-order valence-electron chi connectivity index (χ0n) is 12.3. The minimum Gasteiger partial charge on any atom is -0.382 e. The number of aryl methyl sites for hydroxylation is 1. The van der Waals surface area contributed by atoms with Crippen molar-refractivity contribution in [1.82, 2.24) is 4.57 Å². The van der Waals surface area contributed by atoms with Crippen LogP contribution in [0.4, 0.5) is 8.78 Å². The van der Waals surface area contributed by atoms with Gasteiger partial charge in [0.1, 0.15) is 6.10 Å². The number of benzene rings is 2. The highest BCUT2D eigenvalue weighted by atomic mass is 19.3. The fourth-order valence-corrected chi connectivity index (χ4v) is 2.92. The molecule has 2 aromatic carbocycles. The maximum Gasteiger partial charge on any atom is 0.295 e. The summed E-state index contributed by atoms with van der Waals surface area (Å²) < 4.78 is 29.4. The van der Waals surface area contributed by atoms with Gasteiger partial charge in [-0.15, -0.1) is 0 Å². The molecule has 1 atom stereocenters. The number of aliphatic hydroxyl groups excluding tert-OH is 1. The predicted octanol–water partition coefficient (Wildman–Crippen LogP) is 4.67. The number of fused-ring (bicyclic) bond motifs is 3. The molecule has 0 aliphatic carbocycles. The van der Waals surface area contributed by atoms with Gasteiger partial charge in [0, 0.05) is 28.4 Å². The van der Waals surface area contributed by atoms with Crippen LogP contribution in [0.5, 0.6) is 0 Å². The zero-order chi connectivity index (χ0) is 15.9. The van der Waals surface area contributed by atoms with Gasteiger partial charge in [0.05, 0.1) is 0 Å². The summed E-state index contributed by atoms with van der Waals surface area (Å²) in [6.45, 7) is 5.92. The Morgan fingerprint density at radius 1 is 1.18 bits per heavy atom. The first kappa shape index (κ1) is 14.7. The van der Waals surface area contributed by atoms with Crippen molar-refractivity contribution in [2.24, 2.45) is 0 Å². The summed E-state index contributed by atoms with van der Waals surface area (Å²) >= 11 is 0. The van der Waals surface area contributed by atoms with Crippen LogP contribution in [0.2, 0.25) is 0 Å². The molecule has 0 bridgehead atoms. The van der Waals surface area contributed by atoms with Crippen molar-refractivity contribution in [2.75, 3.05) is 0 Å². The Balaban J connectivity index is 2.26. The molecule has 1 aromatic heterocycles. The first-order valence-corrected chi connectivity index (χ1v) is 7.20. The van der Waals surface area contributed by atoms with Crippen molar-refractivity contribution in [2.45, 2.75) is 25.5 Å². The summed E-state index contributed by atoms with van der Waals surface area (Å²) in [5, 5.41) is 11.8. The second kappa shape index (κ2) is 5.21. The highest BCUT2D eigenvalue weighted by Gasteiger charge is 2.36. The largest absolute Gasteiger partial charge is 0.382 e. The summed E-state index contributed by atoms with van der Waals surface area (Å²) in [6, 6.07) is 12.8. The van der Waals surface area contributed by atoms with Crippen LogP contribution >= 0.6 is 0 Å². The normalized spacial score (nSPS) is 13.6. The number of aliphatic hydroxyl groups is 1. The minimum atomic E-state index is -3.35. The van der Waals surface area contributed by atoms with E-state index in [0.717, 1.165) is 28.4 Å². The Kier molecular flexibility index (Phi) is 3.49. The summed E-state index contributed by atoms with van der Waals surface area (Å²) in [4.78, 5) is 0. The van der Waals surface area contributed by atoms with Crippen LogP contribution in [0.15, 0.2) is 55.1 Å². The van der Waals surface area contributed by atoms with Gasteiger partial charge in [0.15, 0.2) is 0 Å². The molecule has 0 radical (unpaired) electrons. The Morgan fingerprint density at radius 2 is 1.86 bits per heavy atom. The van der Waals surface area contributed by atoms with E-state index in [-0.39, 0.29) is 5.56 Å². The summed E-state index contributed by atoms with van der Waals surface area (Å²) in [7, 11) is 0. The van der Waals surface area contributed by atoms with E-state index in [2.05, 4.69) is 11.1 Å².